The molecule has 0 saturated heterocycles. The first-order valence-corrected chi connectivity index (χ1v) is 9.27. The highest BCUT2D eigenvalue weighted by molar-refractivity contribution is 7.80. The molecule has 1 aromatic carbocycles. The van der Waals surface area contributed by atoms with Crippen LogP contribution in [0.2, 0.25) is 0 Å². The van der Waals surface area contributed by atoms with Crippen LogP contribution in [0.4, 0.5) is 0 Å². The molecule has 1 aromatic heterocycles. The van der Waals surface area contributed by atoms with Gasteiger partial charge in [0.15, 0.2) is 0 Å². The van der Waals surface area contributed by atoms with E-state index in [1.165, 1.54) is 18.4 Å². The highest BCUT2D eigenvalue weighted by Gasteiger charge is 2.22. The molecule has 1 atom stereocenters. The van der Waals surface area contributed by atoms with Gasteiger partial charge in [0.2, 0.25) is 0 Å². The highest BCUT2D eigenvalue weighted by atomic mass is 32.1. The second kappa shape index (κ2) is 10.1. The van der Waals surface area contributed by atoms with Gasteiger partial charge < -0.3 is 19.5 Å². The molecular formula is C17H20N2O5S2. The van der Waals surface area contributed by atoms with Gasteiger partial charge in [-0.3, -0.25) is 4.79 Å². The molecule has 0 radical (unpaired) electrons. The van der Waals surface area contributed by atoms with Crippen molar-refractivity contribution >= 4 is 35.8 Å². The summed E-state index contributed by atoms with van der Waals surface area (Å²) in [6.45, 7) is 0.996. The molecule has 26 heavy (non-hydrogen) atoms. The lowest BCUT2D eigenvalue weighted by Crippen LogP contribution is -2.43. The predicted molar refractivity (Wildman–Crippen MR) is 102 cm³/mol. The van der Waals surface area contributed by atoms with Crippen LogP contribution in [-0.2, 0) is 14.3 Å². The minimum absolute atomic E-state index is 0.139. The van der Waals surface area contributed by atoms with E-state index in [9.17, 15) is 9.59 Å². The largest absolute Gasteiger partial charge is 0.491 e. The van der Waals surface area contributed by atoms with Gasteiger partial charge in [0, 0.05) is 23.8 Å². The van der Waals surface area contributed by atoms with Gasteiger partial charge in [0.1, 0.15) is 29.1 Å². The van der Waals surface area contributed by atoms with E-state index in [-0.39, 0.29) is 11.4 Å². The van der Waals surface area contributed by atoms with E-state index < -0.39 is 17.9 Å². The summed E-state index contributed by atoms with van der Waals surface area (Å²) < 4.78 is 15.1. The number of thiazole rings is 1. The number of amides is 1. The SMILES string of the molecule is COCCOc1ccc(-c2nc(C(=O)NC(CS)C(=O)OC)cs2)cc1. The smallest absolute Gasteiger partial charge is 0.329 e. The molecule has 1 N–H and O–H groups in total. The van der Waals surface area contributed by atoms with Crippen molar-refractivity contribution in [3.63, 3.8) is 0 Å². The molecule has 7 nitrogen and oxygen atoms in total. The van der Waals surface area contributed by atoms with Gasteiger partial charge in [-0.2, -0.15) is 12.6 Å². The van der Waals surface area contributed by atoms with E-state index >= 15 is 0 Å². The van der Waals surface area contributed by atoms with Gasteiger partial charge in [-0.25, -0.2) is 9.78 Å². The average molecular weight is 396 g/mol. The Hall–Kier alpha value is -2.10. The summed E-state index contributed by atoms with van der Waals surface area (Å²) in [4.78, 5) is 28.1. The topological polar surface area (TPSA) is 86.8 Å². The molecule has 0 spiro atoms. The third-order valence-corrected chi connectivity index (χ3v) is 4.62. The molecule has 0 aliphatic carbocycles. The molecule has 2 aromatic rings. The highest BCUT2D eigenvalue weighted by Crippen LogP contribution is 2.25. The minimum atomic E-state index is -0.815. The number of methoxy groups -OCH3 is 2. The number of hydrogen-bond acceptors (Lipinski definition) is 8. The van der Waals surface area contributed by atoms with Crippen LogP contribution in [0.1, 0.15) is 10.5 Å². The summed E-state index contributed by atoms with van der Waals surface area (Å²) in [5.41, 5.74) is 1.10. The first kappa shape index (κ1) is 20.2. The van der Waals surface area contributed by atoms with Crippen LogP contribution in [0.5, 0.6) is 5.75 Å². The van der Waals surface area contributed by atoms with Crippen LogP contribution in [0, 0.1) is 0 Å². The lowest BCUT2D eigenvalue weighted by atomic mass is 10.2. The number of nitrogens with one attached hydrogen (secondary N) is 1. The average Bonchev–Trinajstić information content (AvgIpc) is 3.16. The predicted octanol–water partition coefficient (Wildman–Crippen LogP) is 2.04. The van der Waals surface area contributed by atoms with E-state index in [0.717, 1.165) is 11.3 Å². The molecule has 0 aliphatic rings. The van der Waals surface area contributed by atoms with E-state index in [1.54, 1.807) is 12.5 Å². The first-order chi connectivity index (χ1) is 12.6. The number of carbonyl (C=O) groups is 2. The van der Waals surface area contributed by atoms with Crippen molar-refractivity contribution in [2.75, 3.05) is 33.2 Å². The van der Waals surface area contributed by atoms with Crippen molar-refractivity contribution in [1.82, 2.24) is 10.3 Å². The molecule has 1 unspecified atom stereocenters. The number of ether oxygens (including phenoxy) is 3. The van der Waals surface area contributed by atoms with Crippen LogP contribution < -0.4 is 10.1 Å². The van der Waals surface area contributed by atoms with Gasteiger partial charge >= 0.3 is 5.97 Å². The Labute approximate surface area is 161 Å². The molecule has 1 heterocycles. The van der Waals surface area contributed by atoms with E-state index in [2.05, 4.69) is 27.7 Å². The lowest BCUT2D eigenvalue weighted by molar-refractivity contribution is -0.142. The molecule has 9 heteroatoms. The van der Waals surface area contributed by atoms with Crippen molar-refractivity contribution in [3.05, 3.63) is 35.3 Å². The molecule has 0 bridgehead atoms. The number of carbonyl (C=O) groups excluding carboxylic acids is 2. The number of hydrogen-bond donors (Lipinski definition) is 2. The Morgan fingerprint density at radius 1 is 1.23 bits per heavy atom. The van der Waals surface area contributed by atoms with Crippen molar-refractivity contribution < 1.29 is 23.8 Å². The van der Waals surface area contributed by atoms with Gasteiger partial charge in [-0.05, 0) is 24.3 Å². The zero-order valence-corrected chi connectivity index (χ0v) is 16.1. The Bertz CT molecular complexity index is 733. The van der Waals surface area contributed by atoms with E-state index in [0.29, 0.717) is 18.2 Å². The van der Waals surface area contributed by atoms with Crippen LogP contribution >= 0.6 is 24.0 Å². The van der Waals surface area contributed by atoms with Gasteiger partial charge in [0.05, 0.1) is 13.7 Å². The van der Waals surface area contributed by atoms with Crippen LogP contribution in [0.3, 0.4) is 0 Å². The van der Waals surface area contributed by atoms with E-state index in [1.807, 2.05) is 24.3 Å². The number of nitrogens with zero attached hydrogens (tertiary/aromatic N) is 1. The Kier molecular flexibility index (Phi) is 7.89. The van der Waals surface area contributed by atoms with Crippen molar-refractivity contribution in [1.29, 1.82) is 0 Å². The fraction of sp³-hybridized carbons (Fsp3) is 0.353. The number of esters is 1. The molecule has 0 aliphatic heterocycles. The molecule has 140 valence electrons. The zero-order valence-electron chi connectivity index (χ0n) is 14.4. The number of aromatic nitrogens is 1. The second-order valence-corrected chi connectivity index (χ2v) is 6.36. The van der Waals surface area contributed by atoms with Crippen LogP contribution in [-0.4, -0.2) is 56.1 Å². The van der Waals surface area contributed by atoms with Crippen molar-refractivity contribution in [3.8, 4) is 16.3 Å². The molecule has 1 amide bonds. The van der Waals surface area contributed by atoms with Crippen molar-refractivity contribution in [2.45, 2.75) is 6.04 Å². The fourth-order valence-electron chi connectivity index (χ4n) is 2.00. The van der Waals surface area contributed by atoms with Gasteiger partial charge in [-0.1, -0.05) is 0 Å². The Balaban J connectivity index is 2.02. The number of thiol groups is 1. The Morgan fingerprint density at radius 3 is 2.58 bits per heavy atom. The monoisotopic (exact) mass is 396 g/mol. The maximum atomic E-state index is 12.2. The summed E-state index contributed by atoms with van der Waals surface area (Å²) in [5.74, 6) is -0.126. The fourth-order valence-corrected chi connectivity index (χ4v) is 3.05. The third kappa shape index (κ3) is 5.45. The van der Waals surface area contributed by atoms with Gasteiger partial charge in [0.25, 0.3) is 5.91 Å². The van der Waals surface area contributed by atoms with Gasteiger partial charge in [-0.15, -0.1) is 11.3 Å². The lowest BCUT2D eigenvalue weighted by Gasteiger charge is -2.12. The minimum Gasteiger partial charge on any atom is -0.491 e. The van der Waals surface area contributed by atoms with Crippen molar-refractivity contribution in [2.24, 2.45) is 0 Å². The standard InChI is InChI=1S/C17H20N2O5S2/c1-22-7-8-24-12-5-3-11(4-6-12)16-19-14(10-26-16)15(20)18-13(9-25)17(21)23-2/h3-6,10,13,25H,7-9H2,1-2H3,(H,18,20). The molecule has 0 saturated carbocycles. The maximum Gasteiger partial charge on any atom is 0.329 e. The number of benzene rings is 1. The molecular weight excluding hydrogens is 376 g/mol. The molecule has 0 fully saturated rings. The van der Waals surface area contributed by atoms with Crippen LogP contribution in [0.15, 0.2) is 29.6 Å². The second-order valence-electron chi connectivity index (χ2n) is 5.14. The summed E-state index contributed by atoms with van der Waals surface area (Å²) in [6.07, 6.45) is 0. The summed E-state index contributed by atoms with van der Waals surface area (Å²) in [6, 6.07) is 6.59. The summed E-state index contributed by atoms with van der Waals surface area (Å²) in [5, 5.41) is 4.89. The normalized spacial score (nSPS) is 11.7. The maximum absolute atomic E-state index is 12.2. The summed E-state index contributed by atoms with van der Waals surface area (Å²) >= 11 is 5.38. The van der Waals surface area contributed by atoms with E-state index in [4.69, 9.17) is 9.47 Å². The van der Waals surface area contributed by atoms with Crippen LogP contribution in [0.25, 0.3) is 10.6 Å². The first-order valence-electron chi connectivity index (χ1n) is 7.76. The Morgan fingerprint density at radius 2 is 1.96 bits per heavy atom. The number of rotatable bonds is 9. The summed E-state index contributed by atoms with van der Waals surface area (Å²) in [7, 11) is 2.88. The quantitative estimate of drug-likeness (QED) is 0.383. The zero-order chi connectivity index (χ0) is 18.9. The molecule has 2 rings (SSSR count). The third-order valence-electron chi connectivity index (χ3n) is 3.37.